The molecule has 126 valence electrons. The zero-order chi connectivity index (χ0) is 17.4. The number of benzene rings is 2. The van der Waals surface area contributed by atoms with Gasteiger partial charge in [0.25, 0.3) is 5.91 Å². The van der Waals surface area contributed by atoms with Crippen LogP contribution in [0.25, 0.3) is 0 Å². The third-order valence-electron chi connectivity index (χ3n) is 4.19. The number of nitrogens with zero attached hydrogens (tertiary/aromatic N) is 2. The Morgan fingerprint density at radius 3 is 2.40 bits per heavy atom. The number of para-hydroxylation sites is 1. The van der Waals surface area contributed by atoms with E-state index in [1.165, 1.54) is 6.07 Å². The number of hydrazone groups is 2. The molecular formula is C17H15FN6O. The van der Waals surface area contributed by atoms with Crippen molar-refractivity contribution < 1.29 is 9.18 Å². The number of nitrogens with two attached hydrogens (primary N) is 1. The summed E-state index contributed by atoms with van der Waals surface area (Å²) in [5.74, 6) is -0.428. The third kappa shape index (κ3) is 2.47. The van der Waals surface area contributed by atoms with Crippen molar-refractivity contribution in [2.45, 2.75) is 12.1 Å². The highest BCUT2D eigenvalue weighted by Crippen LogP contribution is 2.23. The standard InChI is InChI=1S/C17H15FN6O/c18-12-7-3-1-5-10(12)14-9-17(23-21-14)16(25)20-15(22-24-17)11-6-2-4-8-13(11)19/h1-8,23-24H,9,19H2,(H,20,22,25)/t17-/m1/s1. The summed E-state index contributed by atoms with van der Waals surface area (Å²) in [5.41, 5.74) is 12.1. The normalized spacial score (nSPS) is 21.9. The average molecular weight is 338 g/mol. The number of rotatable bonds is 2. The van der Waals surface area contributed by atoms with Gasteiger partial charge in [-0.1, -0.05) is 30.3 Å². The molecule has 1 spiro atoms. The van der Waals surface area contributed by atoms with Crippen LogP contribution < -0.4 is 21.9 Å². The molecular weight excluding hydrogens is 323 g/mol. The molecule has 0 aromatic heterocycles. The fraction of sp³-hybridized carbons (Fsp3) is 0.118. The maximum atomic E-state index is 14.0. The molecule has 1 amide bonds. The summed E-state index contributed by atoms with van der Waals surface area (Å²) < 4.78 is 14.0. The Hall–Kier alpha value is -3.42. The Morgan fingerprint density at radius 2 is 1.68 bits per heavy atom. The summed E-state index contributed by atoms with van der Waals surface area (Å²) in [6.45, 7) is 0. The van der Waals surface area contributed by atoms with Gasteiger partial charge in [-0.15, -0.1) is 0 Å². The minimum Gasteiger partial charge on any atom is -0.398 e. The number of hydrogen-bond donors (Lipinski definition) is 4. The second kappa shape index (κ2) is 5.59. The van der Waals surface area contributed by atoms with Gasteiger partial charge in [0.2, 0.25) is 5.66 Å². The lowest BCUT2D eigenvalue weighted by atomic mass is 9.98. The molecule has 0 fully saturated rings. The first kappa shape index (κ1) is 15.1. The molecule has 2 aromatic carbocycles. The van der Waals surface area contributed by atoms with Gasteiger partial charge in [-0.25, -0.2) is 4.39 Å². The smallest absolute Gasteiger partial charge is 0.275 e. The van der Waals surface area contributed by atoms with Gasteiger partial charge in [0.05, 0.1) is 5.71 Å². The van der Waals surface area contributed by atoms with E-state index in [0.29, 0.717) is 28.4 Å². The first-order chi connectivity index (χ1) is 12.1. The summed E-state index contributed by atoms with van der Waals surface area (Å²) in [5, 5.41) is 11.1. The quantitative estimate of drug-likeness (QED) is 0.610. The highest BCUT2D eigenvalue weighted by atomic mass is 19.1. The van der Waals surface area contributed by atoms with Crippen LogP contribution in [0.15, 0.2) is 58.7 Å². The summed E-state index contributed by atoms with van der Waals surface area (Å²) in [6.07, 6.45) is 0.154. The molecule has 1 atom stereocenters. The van der Waals surface area contributed by atoms with Gasteiger partial charge >= 0.3 is 0 Å². The van der Waals surface area contributed by atoms with Gasteiger partial charge in [0, 0.05) is 23.2 Å². The van der Waals surface area contributed by atoms with Crippen molar-refractivity contribution in [1.82, 2.24) is 16.2 Å². The summed E-state index contributed by atoms with van der Waals surface area (Å²) in [7, 11) is 0. The molecule has 25 heavy (non-hydrogen) atoms. The van der Waals surface area contributed by atoms with Crippen molar-refractivity contribution in [3.05, 3.63) is 65.5 Å². The van der Waals surface area contributed by atoms with Gasteiger partial charge in [-0.2, -0.15) is 10.2 Å². The fourth-order valence-electron chi connectivity index (χ4n) is 2.82. The van der Waals surface area contributed by atoms with Crippen molar-refractivity contribution in [2.24, 2.45) is 10.2 Å². The molecule has 0 aliphatic carbocycles. The van der Waals surface area contributed by atoms with E-state index in [4.69, 9.17) is 5.73 Å². The number of amidine groups is 1. The van der Waals surface area contributed by atoms with Crippen molar-refractivity contribution in [2.75, 3.05) is 5.73 Å². The van der Waals surface area contributed by atoms with E-state index in [9.17, 15) is 9.18 Å². The Balaban J connectivity index is 1.59. The predicted octanol–water partition coefficient (Wildman–Crippen LogP) is 0.883. The highest BCUT2D eigenvalue weighted by molar-refractivity contribution is 6.15. The van der Waals surface area contributed by atoms with Gasteiger partial charge in [-0.3, -0.25) is 15.6 Å². The lowest BCUT2D eigenvalue weighted by molar-refractivity contribution is -0.127. The molecule has 2 aliphatic rings. The zero-order valence-corrected chi connectivity index (χ0v) is 13.1. The number of nitrogens with one attached hydrogen (secondary N) is 3. The molecule has 0 saturated heterocycles. The molecule has 7 nitrogen and oxygen atoms in total. The van der Waals surface area contributed by atoms with Gasteiger partial charge in [-0.05, 0) is 18.2 Å². The number of carbonyl (C=O) groups is 1. The van der Waals surface area contributed by atoms with Crippen LogP contribution in [-0.2, 0) is 4.79 Å². The van der Waals surface area contributed by atoms with Crippen LogP contribution in [0.3, 0.4) is 0 Å². The van der Waals surface area contributed by atoms with E-state index < -0.39 is 11.5 Å². The van der Waals surface area contributed by atoms with E-state index in [-0.39, 0.29) is 12.3 Å². The first-order valence-electron chi connectivity index (χ1n) is 7.69. The minimum atomic E-state index is -1.25. The molecule has 2 aliphatic heterocycles. The number of anilines is 1. The van der Waals surface area contributed by atoms with E-state index in [0.717, 1.165) is 0 Å². The second-order valence-corrected chi connectivity index (χ2v) is 5.85. The topological polar surface area (TPSA) is 104 Å². The molecule has 5 N–H and O–H groups in total. The highest BCUT2D eigenvalue weighted by Gasteiger charge is 2.46. The van der Waals surface area contributed by atoms with E-state index >= 15 is 0 Å². The molecule has 4 rings (SSSR count). The van der Waals surface area contributed by atoms with E-state index in [2.05, 4.69) is 26.4 Å². The number of halogens is 1. The molecule has 0 unspecified atom stereocenters. The van der Waals surface area contributed by atoms with Crippen LogP contribution in [0.5, 0.6) is 0 Å². The SMILES string of the molecule is Nc1ccccc1C1=NN[C@]2(CC(c3ccccc3F)=NN2)C(=O)N1. The lowest BCUT2D eigenvalue weighted by Crippen LogP contribution is -2.65. The average Bonchev–Trinajstić information content (AvgIpc) is 3.04. The first-order valence-corrected chi connectivity index (χ1v) is 7.69. The van der Waals surface area contributed by atoms with E-state index in [1.807, 2.05) is 0 Å². The Labute approximate surface area is 142 Å². The molecule has 0 bridgehead atoms. The van der Waals surface area contributed by atoms with E-state index in [1.54, 1.807) is 42.5 Å². The number of nitrogen functional groups attached to an aromatic ring is 1. The number of hydrogen-bond acceptors (Lipinski definition) is 6. The number of amides is 1. The van der Waals surface area contributed by atoms with Crippen LogP contribution in [0, 0.1) is 5.82 Å². The summed E-state index contributed by atoms with van der Waals surface area (Å²) >= 11 is 0. The largest absolute Gasteiger partial charge is 0.398 e. The minimum absolute atomic E-state index is 0.154. The molecule has 2 aromatic rings. The Bertz CT molecular complexity index is 925. The fourth-order valence-corrected chi connectivity index (χ4v) is 2.82. The summed E-state index contributed by atoms with van der Waals surface area (Å²) in [4.78, 5) is 12.7. The molecule has 8 heteroatoms. The van der Waals surface area contributed by atoms with Crippen molar-refractivity contribution in [3.8, 4) is 0 Å². The second-order valence-electron chi connectivity index (χ2n) is 5.85. The predicted molar refractivity (Wildman–Crippen MR) is 92.1 cm³/mol. The van der Waals surface area contributed by atoms with Crippen LogP contribution in [0.2, 0.25) is 0 Å². The maximum absolute atomic E-state index is 14.0. The van der Waals surface area contributed by atoms with Gasteiger partial charge in [0.1, 0.15) is 5.82 Å². The van der Waals surface area contributed by atoms with Crippen LogP contribution in [0.4, 0.5) is 10.1 Å². The van der Waals surface area contributed by atoms with Crippen LogP contribution >= 0.6 is 0 Å². The Morgan fingerprint density at radius 1 is 1.00 bits per heavy atom. The van der Waals surface area contributed by atoms with Crippen molar-refractivity contribution >= 4 is 23.1 Å². The Kier molecular flexibility index (Phi) is 3.38. The molecule has 0 radical (unpaired) electrons. The van der Waals surface area contributed by atoms with Crippen molar-refractivity contribution in [1.29, 1.82) is 0 Å². The molecule has 2 heterocycles. The van der Waals surface area contributed by atoms with Crippen LogP contribution in [-0.4, -0.2) is 23.1 Å². The summed E-state index contributed by atoms with van der Waals surface area (Å²) in [6, 6.07) is 13.4. The van der Waals surface area contributed by atoms with Gasteiger partial charge in [0.15, 0.2) is 5.84 Å². The third-order valence-corrected chi connectivity index (χ3v) is 4.19. The maximum Gasteiger partial charge on any atom is 0.275 e. The zero-order valence-electron chi connectivity index (χ0n) is 13.1. The van der Waals surface area contributed by atoms with Crippen molar-refractivity contribution in [3.63, 3.8) is 0 Å². The monoisotopic (exact) mass is 338 g/mol. The lowest BCUT2D eigenvalue weighted by Gasteiger charge is -2.31. The number of carbonyl (C=O) groups excluding carboxylic acids is 1. The van der Waals surface area contributed by atoms with Gasteiger partial charge < -0.3 is 11.1 Å². The van der Waals surface area contributed by atoms with Crippen LogP contribution in [0.1, 0.15) is 17.5 Å². The molecule has 0 saturated carbocycles.